The van der Waals surface area contributed by atoms with E-state index in [9.17, 15) is 4.79 Å². The molecular formula is C21H24N4O2. The van der Waals surface area contributed by atoms with Crippen molar-refractivity contribution in [1.29, 1.82) is 0 Å². The minimum Gasteiger partial charge on any atom is -0.337 e. The molecule has 0 aliphatic heterocycles. The maximum Gasteiger partial charge on any atom is 0.322 e. The fourth-order valence-corrected chi connectivity index (χ4v) is 2.76. The van der Waals surface area contributed by atoms with Gasteiger partial charge in [0.25, 0.3) is 0 Å². The van der Waals surface area contributed by atoms with Crippen LogP contribution in [0.25, 0.3) is 11.4 Å². The van der Waals surface area contributed by atoms with E-state index >= 15 is 0 Å². The van der Waals surface area contributed by atoms with Gasteiger partial charge >= 0.3 is 6.03 Å². The Bertz CT molecular complexity index is 933. The Morgan fingerprint density at radius 2 is 1.93 bits per heavy atom. The maximum absolute atomic E-state index is 12.8. The van der Waals surface area contributed by atoms with Gasteiger partial charge in [0.15, 0.2) is 0 Å². The minimum absolute atomic E-state index is 0.0247. The molecule has 6 heteroatoms. The molecule has 1 N–H and O–H groups in total. The summed E-state index contributed by atoms with van der Waals surface area (Å²) < 4.78 is 5.38. The van der Waals surface area contributed by atoms with E-state index in [1.54, 1.807) is 4.90 Å². The van der Waals surface area contributed by atoms with Gasteiger partial charge in [-0.05, 0) is 45.4 Å². The summed E-state index contributed by atoms with van der Waals surface area (Å²) in [6.07, 6.45) is 0. The number of benzene rings is 2. The van der Waals surface area contributed by atoms with E-state index in [0.29, 0.717) is 11.7 Å². The number of para-hydroxylation sites is 1. The molecule has 0 aliphatic rings. The van der Waals surface area contributed by atoms with Crippen LogP contribution in [0.2, 0.25) is 0 Å². The van der Waals surface area contributed by atoms with E-state index in [-0.39, 0.29) is 18.6 Å². The lowest BCUT2D eigenvalue weighted by molar-refractivity contribution is 0.182. The predicted molar refractivity (Wildman–Crippen MR) is 105 cm³/mol. The molecule has 0 fully saturated rings. The van der Waals surface area contributed by atoms with Gasteiger partial charge in [-0.2, -0.15) is 4.98 Å². The quantitative estimate of drug-likeness (QED) is 0.706. The number of aryl methyl sites for hydroxylation is 2. The first-order chi connectivity index (χ1) is 12.9. The molecule has 27 heavy (non-hydrogen) atoms. The molecule has 6 nitrogen and oxygen atoms in total. The van der Waals surface area contributed by atoms with Crippen LogP contribution >= 0.6 is 0 Å². The molecule has 3 rings (SSSR count). The van der Waals surface area contributed by atoms with E-state index in [0.717, 1.165) is 22.4 Å². The first-order valence-electron chi connectivity index (χ1n) is 8.97. The molecule has 0 saturated carbocycles. The Hall–Kier alpha value is -3.15. The number of anilines is 1. The second kappa shape index (κ2) is 8.03. The smallest absolute Gasteiger partial charge is 0.322 e. The molecule has 1 heterocycles. The molecule has 140 valence electrons. The van der Waals surface area contributed by atoms with Crippen molar-refractivity contribution >= 4 is 11.7 Å². The maximum atomic E-state index is 12.8. The van der Waals surface area contributed by atoms with Crippen molar-refractivity contribution in [2.75, 3.05) is 5.32 Å². The Labute approximate surface area is 159 Å². The van der Waals surface area contributed by atoms with E-state index in [1.807, 2.05) is 76.2 Å². The molecule has 0 atom stereocenters. The number of hydrogen-bond acceptors (Lipinski definition) is 4. The van der Waals surface area contributed by atoms with E-state index in [2.05, 4.69) is 15.5 Å². The number of rotatable bonds is 5. The Morgan fingerprint density at radius 3 is 2.63 bits per heavy atom. The summed E-state index contributed by atoms with van der Waals surface area (Å²) in [7, 11) is 0. The van der Waals surface area contributed by atoms with Crippen LogP contribution in [-0.4, -0.2) is 27.1 Å². The molecule has 0 radical (unpaired) electrons. The normalized spacial score (nSPS) is 10.9. The van der Waals surface area contributed by atoms with Gasteiger partial charge in [0, 0.05) is 17.3 Å². The molecule has 3 aromatic rings. The van der Waals surface area contributed by atoms with Crippen LogP contribution < -0.4 is 5.32 Å². The molecule has 2 aromatic carbocycles. The van der Waals surface area contributed by atoms with Gasteiger partial charge in [-0.3, -0.25) is 0 Å². The van der Waals surface area contributed by atoms with Crippen LogP contribution in [-0.2, 0) is 6.54 Å². The molecule has 0 unspecified atom stereocenters. The number of aromatic nitrogens is 2. The summed E-state index contributed by atoms with van der Waals surface area (Å²) >= 11 is 0. The third kappa shape index (κ3) is 4.53. The van der Waals surface area contributed by atoms with Gasteiger partial charge < -0.3 is 14.7 Å². The first-order valence-corrected chi connectivity index (χ1v) is 8.97. The standard InChI is InChI=1S/C21H24N4O2/c1-14(2)25(21(26)22-18-11-6-5-9-16(18)4)13-19-23-20(24-27-19)17-10-7-8-15(3)12-17/h5-12,14H,13H2,1-4H3,(H,22,26). The van der Waals surface area contributed by atoms with Gasteiger partial charge in [0.2, 0.25) is 11.7 Å². The van der Waals surface area contributed by atoms with Crippen molar-refractivity contribution in [3.63, 3.8) is 0 Å². The molecule has 2 amide bonds. The van der Waals surface area contributed by atoms with Gasteiger partial charge in [-0.25, -0.2) is 4.79 Å². The van der Waals surface area contributed by atoms with E-state index in [1.165, 1.54) is 0 Å². The van der Waals surface area contributed by atoms with Gasteiger partial charge in [-0.1, -0.05) is 47.1 Å². The number of carbonyl (C=O) groups is 1. The van der Waals surface area contributed by atoms with Crippen molar-refractivity contribution in [2.24, 2.45) is 0 Å². The highest BCUT2D eigenvalue weighted by Crippen LogP contribution is 2.19. The van der Waals surface area contributed by atoms with Crippen molar-refractivity contribution < 1.29 is 9.32 Å². The number of urea groups is 1. The Morgan fingerprint density at radius 1 is 1.15 bits per heavy atom. The fourth-order valence-electron chi connectivity index (χ4n) is 2.76. The predicted octanol–water partition coefficient (Wildman–Crippen LogP) is 4.80. The highest BCUT2D eigenvalue weighted by molar-refractivity contribution is 5.90. The largest absolute Gasteiger partial charge is 0.337 e. The highest BCUT2D eigenvalue weighted by Gasteiger charge is 2.21. The second-order valence-electron chi connectivity index (χ2n) is 6.85. The molecule has 0 aliphatic carbocycles. The van der Waals surface area contributed by atoms with E-state index in [4.69, 9.17) is 4.52 Å². The van der Waals surface area contributed by atoms with Crippen LogP contribution in [0.5, 0.6) is 0 Å². The van der Waals surface area contributed by atoms with Crippen molar-refractivity contribution in [2.45, 2.75) is 40.3 Å². The highest BCUT2D eigenvalue weighted by atomic mass is 16.5. The lowest BCUT2D eigenvalue weighted by atomic mass is 10.1. The first kappa shape index (κ1) is 18.6. The number of amides is 2. The number of carbonyl (C=O) groups excluding carboxylic acids is 1. The third-order valence-electron chi connectivity index (χ3n) is 4.32. The molecule has 0 spiro atoms. The fraction of sp³-hybridized carbons (Fsp3) is 0.286. The molecule has 0 saturated heterocycles. The average Bonchev–Trinajstić information content (AvgIpc) is 3.10. The summed E-state index contributed by atoms with van der Waals surface area (Å²) in [5.74, 6) is 0.928. The zero-order valence-corrected chi connectivity index (χ0v) is 16.1. The van der Waals surface area contributed by atoms with Crippen LogP contribution in [0.15, 0.2) is 53.1 Å². The molecule has 0 bridgehead atoms. The average molecular weight is 364 g/mol. The monoisotopic (exact) mass is 364 g/mol. The van der Waals surface area contributed by atoms with Crippen molar-refractivity contribution in [1.82, 2.24) is 15.0 Å². The van der Waals surface area contributed by atoms with Gasteiger partial charge in [-0.15, -0.1) is 0 Å². The zero-order valence-electron chi connectivity index (χ0n) is 16.1. The number of nitrogens with one attached hydrogen (secondary N) is 1. The number of hydrogen-bond donors (Lipinski definition) is 1. The minimum atomic E-state index is -0.199. The summed E-state index contributed by atoms with van der Waals surface area (Å²) in [6.45, 7) is 8.13. The summed E-state index contributed by atoms with van der Waals surface area (Å²) in [5, 5.41) is 7.01. The Balaban J connectivity index is 1.75. The second-order valence-corrected chi connectivity index (χ2v) is 6.85. The van der Waals surface area contributed by atoms with Gasteiger partial charge in [0.05, 0.1) is 0 Å². The lowest BCUT2D eigenvalue weighted by Crippen LogP contribution is -2.39. The van der Waals surface area contributed by atoms with Gasteiger partial charge in [0.1, 0.15) is 6.54 Å². The summed E-state index contributed by atoms with van der Waals surface area (Å²) in [4.78, 5) is 18.9. The van der Waals surface area contributed by atoms with Crippen LogP contribution in [0.1, 0.15) is 30.9 Å². The molecule has 1 aromatic heterocycles. The molecular weight excluding hydrogens is 340 g/mol. The third-order valence-corrected chi connectivity index (χ3v) is 4.32. The topological polar surface area (TPSA) is 71.3 Å². The van der Waals surface area contributed by atoms with Crippen LogP contribution in [0.4, 0.5) is 10.5 Å². The number of nitrogens with zero attached hydrogens (tertiary/aromatic N) is 3. The SMILES string of the molecule is Cc1cccc(-c2noc(CN(C(=O)Nc3ccccc3C)C(C)C)n2)c1. The zero-order chi connectivity index (χ0) is 19.4. The van der Waals surface area contributed by atoms with Crippen molar-refractivity contribution in [3.05, 3.63) is 65.5 Å². The summed E-state index contributed by atoms with van der Waals surface area (Å²) in [6, 6.07) is 15.4. The van der Waals surface area contributed by atoms with Crippen LogP contribution in [0.3, 0.4) is 0 Å². The lowest BCUT2D eigenvalue weighted by Gasteiger charge is -2.25. The Kier molecular flexibility index (Phi) is 5.54. The van der Waals surface area contributed by atoms with E-state index < -0.39 is 0 Å². The van der Waals surface area contributed by atoms with Crippen LogP contribution in [0, 0.1) is 13.8 Å². The summed E-state index contributed by atoms with van der Waals surface area (Å²) in [5.41, 5.74) is 3.82. The van der Waals surface area contributed by atoms with Crippen molar-refractivity contribution in [3.8, 4) is 11.4 Å².